The molecule has 0 aliphatic heterocycles. The Kier molecular flexibility index (Phi) is 9.16. The van der Waals surface area contributed by atoms with Gasteiger partial charge in [-0.05, 0) is 90.3 Å². The van der Waals surface area contributed by atoms with Gasteiger partial charge in [-0.25, -0.2) is 14.4 Å². The molecule has 0 aliphatic carbocycles. The largest absolute Gasteiger partial charge is 0.457 e. The summed E-state index contributed by atoms with van der Waals surface area (Å²) >= 11 is 0. The molecule has 0 saturated carbocycles. The van der Waals surface area contributed by atoms with Gasteiger partial charge in [0.15, 0.2) is 0 Å². The minimum absolute atomic E-state index is 0.194. The molecule has 208 valence electrons. The molecule has 8 heteroatoms. The van der Waals surface area contributed by atoms with E-state index in [1.54, 1.807) is 56.3 Å². The second kappa shape index (κ2) is 13.1. The monoisotopic (exact) mass is 552 g/mol. The molecular weight excluding hydrogens is 524 g/mol. The maximum Gasteiger partial charge on any atom is 0.343 e. The number of hydrogen-bond acceptors (Lipinski definition) is 8. The molecule has 0 aliphatic rings. The predicted octanol–water partition coefficient (Wildman–Crippen LogP) is 6.64. The Morgan fingerprint density at radius 3 is 1.68 bits per heavy atom. The van der Waals surface area contributed by atoms with Crippen molar-refractivity contribution in [3.8, 4) is 28.4 Å². The normalized spacial score (nSPS) is 10.4. The first-order valence-electron chi connectivity index (χ1n) is 12.6. The van der Waals surface area contributed by atoms with E-state index in [4.69, 9.17) is 23.7 Å². The molecule has 4 aromatic carbocycles. The average Bonchev–Trinajstić information content (AvgIpc) is 2.97. The molecule has 0 fully saturated rings. The number of hydrogen-bond donors (Lipinski definition) is 0. The molecule has 0 bridgehead atoms. The molecule has 0 N–H and O–H groups in total. The third kappa shape index (κ3) is 7.83. The van der Waals surface area contributed by atoms with E-state index in [9.17, 15) is 14.4 Å². The number of rotatable bonds is 11. The lowest BCUT2D eigenvalue weighted by Crippen LogP contribution is -2.11. The Morgan fingerprint density at radius 1 is 0.585 bits per heavy atom. The highest BCUT2D eigenvalue weighted by molar-refractivity contribution is 5.91. The summed E-state index contributed by atoms with van der Waals surface area (Å²) in [4.78, 5) is 35.5. The minimum Gasteiger partial charge on any atom is -0.457 e. The van der Waals surface area contributed by atoms with E-state index >= 15 is 0 Å². The van der Waals surface area contributed by atoms with Crippen molar-refractivity contribution >= 4 is 28.7 Å². The van der Waals surface area contributed by atoms with Crippen LogP contribution in [0.2, 0.25) is 0 Å². The smallest absolute Gasteiger partial charge is 0.343 e. The molecule has 4 rings (SSSR count). The number of esters is 3. The molecule has 0 radical (unpaired) electrons. The van der Waals surface area contributed by atoms with E-state index in [0.29, 0.717) is 28.4 Å². The summed E-state index contributed by atoms with van der Waals surface area (Å²) in [6.07, 6.45) is 0. The average molecular weight is 553 g/mol. The molecule has 0 spiro atoms. The van der Waals surface area contributed by atoms with Crippen LogP contribution in [0.1, 0.15) is 24.2 Å². The number of fused-ring (bicyclic) bond motifs is 1. The van der Waals surface area contributed by atoms with E-state index in [-0.39, 0.29) is 19.2 Å². The van der Waals surface area contributed by atoms with Crippen molar-refractivity contribution in [2.24, 2.45) is 0 Å². The maximum atomic E-state index is 12.6. The molecule has 0 amide bonds. The fraction of sp³-hybridized carbons (Fsp3) is 0.121. The van der Waals surface area contributed by atoms with Crippen LogP contribution in [0.4, 0.5) is 0 Å². The van der Waals surface area contributed by atoms with Gasteiger partial charge in [-0.1, -0.05) is 43.5 Å². The van der Waals surface area contributed by atoms with E-state index in [0.717, 1.165) is 21.9 Å². The Balaban J connectivity index is 1.33. The van der Waals surface area contributed by atoms with E-state index in [2.05, 4.69) is 13.2 Å². The van der Waals surface area contributed by atoms with Crippen molar-refractivity contribution in [2.45, 2.75) is 13.8 Å². The second-order valence-electron chi connectivity index (χ2n) is 9.11. The van der Waals surface area contributed by atoms with Gasteiger partial charge >= 0.3 is 17.9 Å². The summed E-state index contributed by atoms with van der Waals surface area (Å²) in [6, 6.07) is 25.1. The van der Waals surface area contributed by atoms with Crippen LogP contribution in [-0.2, 0) is 19.1 Å². The van der Waals surface area contributed by atoms with Crippen LogP contribution in [0.5, 0.6) is 17.2 Å². The molecule has 0 heterocycles. The van der Waals surface area contributed by atoms with E-state index in [1.165, 1.54) is 0 Å². The molecule has 41 heavy (non-hydrogen) atoms. The summed E-state index contributed by atoms with van der Waals surface area (Å²) in [6.45, 7) is 9.69. The van der Waals surface area contributed by atoms with Crippen LogP contribution < -0.4 is 14.2 Å². The Labute approximate surface area is 237 Å². The van der Waals surface area contributed by atoms with Crippen molar-refractivity contribution < 1.29 is 38.1 Å². The summed E-state index contributed by atoms with van der Waals surface area (Å²) < 4.78 is 26.2. The first-order chi connectivity index (χ1) is 19.7. The topological polar surface area (TPSA) is 97.4 Å². The van der Waals surface area contributed by atoms with Crippen LogP contribution in [0, 0.1) is 0 Å². The van der Waals surface area contributed by atoms with Gasteiger partial charge in [0.2, 0.25) is 13.6 Å². The minimum atomic E-state index is -0.544. The highest BCUT2D eigenvalue weighted by atomic mass is 16.7. The zero-order valence-electron chi connectivity index (χ0n) is 22.7. The van der Waals surface area contributed by atoms with Gasteiger partial charge in [0.1, 0.15) is 17.2 Å². The fourth-order valence-electron chi connectivity index (χ4n) is 3.61. The van der Waals surface area contributed by atoms with E-state index in [1.807, 2.05) is 42.5 Å². The lowest BCUT2D eigenvalue weighted by atomic mass is 10.0. The zero-order chi connectivity index (χ0) is 29.4. The summed E-state index contributed by atoms with van der Waals surface area (Å²) in [5, 5.41) is 1.97. The number of ether oxygens (including phenoxy) is 5. The zero-order valence-corrected chi connectivity index (χ0v) is 22.7. The Bertz CT molecular complexity index is 1600. The third-order valence-corrected chi connectivity index (χ3v) is 5.83. The van der Waals surface area contributed by atoms with Crippen LogP contribution in [0.15, 0.2) is 109 Å². The van der Waals surface area contributed by atoms with Crippen molar-refractivity contribution in [1.82, 2.24) is 0 Å². The van der Waals surface area contributed by atoms with Gasteiger partial charge in [0.25, 0.3) is 0 Å². The van der Waals surface area contributed by atoms with Crippen LogP contribution >= 0.6 is 0 Å². The first-order valence-corrected chi connectivity index (χ1v) is 12.6. The Hall–Kier alpha value is -5.37. The van der Waals surface area contributed by atoms with Gasteiger partial charge in [0, 0.05) is 11.1 Å². The maximum absolute atomic E-state index is 12.6. The van der Waals surface area contributed by atoms with Gasteiger partial charge in [0.05, 0.1) is 5.56 Å². The second-order valence-corrected chi connectivity index (χ2v) is 9.11. The standard InChI is InChI=1S/C33H28O8/c1-21(2)31(34)39-19-37-28-12-9-24(10-13-28)33(36)41-29-14-7-23(8-15-29)25-5-6-27-18-30(16-11-26(27)17-25)38-20-40-32(35)22(3)4/h5-18H,1,3,19-20H2,2,4H3. The third-order valence-electron chi connectivity index (χ3n) is 5.83. The summed E-state index contributed by atoms with van der Waals surface area (Å²) in [5.41, 5.74) is 2.87. The van der Waals surface area contributed by atoms with Crippen molar-refractivity contribution in [2.75, 3.05) is 13.6 Å². The van der Waals surface area contributed by atoms with Crippen LogP contribution in [0.25, 0.3) is 21.9 Å². The molecule has 4 aromatic rings. The molecule has 0 atom stereocenters. The van der Waals surface area contributed by atoms with Crippen LogP contribution in [0.3, 0.4) is 0 Å². The van der Waals surface area contributed by atoms with Gasteiger partial charge in [-0.2, -0.15) is 0 Å². The lowest BCUT2D eigenvalue weighted by Gasteiger charge is -2.10. The molecule has 0 unspecified atom stereocenters. The lowest BCUT2D eigenvalue weighted by molar-refractivity contribution is -0.146. The molecule has 0 aromatic heterocycles. The van der Waals surface area contributed by atoms with Crippen molar-refractivity contribution in [3.63, 3.8) is 0 Å². The number of carbonyl (C=O) groups is 3. The first kappa shape index (κ1) is 28.6. The van der Waals surface area contributed by atoms with Crippen molar-refractivity contribution in [3.05, 3.63) is 115 Å². The van der Waals surface area contributed by atoms with Gasteiger partial charge < -0.3 is 23.7 Å². The van der Waals surface area contributed by atoms with Gasteiger partial charge in [-0.3, -0.25) is 0 Å². The summed E-state index contributed by atoms with van der Waals surface area (Å²) in [7, 11) is 0. The fourth-order valence-corrected chi connectivity index (χ4v) is 3.61. The molecule has 8 nitrogen and oxygen atoms in total. The quantitative estimate of drug-likeness (QED) is 0.0884. The van der Waals surface area contributed by atoms with Crippen LogP contribution in [-0.4, -0.2) is 31.5 Å². The predicted molar refractivity (Wildman–Crippen MR) is 154 cm³/mol. The SMILES string of the molecule is C=C(C)C(=O)OCOc1ccc(C(=O)Oc2ccc(-c3ccc4cc(OCOC(=O)C(=C)C)ccc4c3)cc2)cc1. The highest BCUT2D eigenvalue weighted by Crippen LogP contribution is 2.28. The summed E-state index contributed by atoms with van der Waals surface area (Å²) in [5.74, 6) is -0.145. The van der Waals surface area contributed by atoms with Crippen molar-refractivity contribution in [1.29, 1.82) is 0 Å². The Morgan fingerprint density at radius 2 is 1.07 bits per heavy atom. The number of carbonyl (C=O) groups excluding carboxylic acids is 3. The van der Waals surface area contributed by atoms with E-state index < -0.39 is 17.9 Å². The highest BCUT2D eigenvalue weighted by Gasteiger charge is 2.10. The molecular formula is C33H28O8. The number of benzene rings is 4. The molecule has 0 saturated heterocycles. The van der Waals surface area contributed by atoms with Gasteiger partial charge in [-0.15, -0.1) is 0 Å².